The Hall–Kier alpha value is -0.860. The molecule has 1 unspecified atom stereocenters. The van der Waals surface area contributed by atoms with Crippen molar-refractivity contribution in [1.82, 2.24) is 9.62 Å². The van der Waals surface area contributed by atoms with Crippen LogP contribution in [0.25, 0.3) is 0 Å². The largest absolute Gasteiger partial charge is 0.491 e. The first-order valence-corrected chi connectivity index (χ1v) is 8.91. The zero-order chi connectivity index (χ0) is 16.0. The van der Waals surface area contributed by atoms with Gasteiger partial charge in [-0.3, -0.25) is 0 Å². The van der Waals surface area contributed by atoms with Crippen molar-refractivity contribution in [3.8, 4) is 5.75 Å². The Bertz CT molecular complexity index is 565. The summed E-state index contributed by atoms with van der Waals surface area (Å²) in [6.07, 6.45) is 1.89. The quantitative estimate of drug-likeness (QED) is 0.743. The van der Waals surface area contributed by atoms with Crippen LogP contribution in [0.15, 0.2) is 29.2 Å². The van der Waals surface area contributed by atoms with Crippen LogP contribution >= 0.6 is 12.4 Å². The van der Waals surface area contributed by atoms with E-state index in [1.54, 1.807) is 35.7 Å². The Labute approximate surface area is 144 Å². The van der Waals surface area contributed by atoms with Gasteiger partial charge in [0.05, 0.1) is 11.5 Å². The van der Waals surface area contributed by atoms with E-state index in [1.165, 1.54) is 0 Å². The van der Waals surface area contributed by atoms with Crippen LogP contribution in [0.2, 0.25) is 0 Å². The van der Waals surface area contributed by atoms with Gasteiger partial charge in [-0.2, -0.15) is 4.31 Å². The lowest BCUT2D eigenvalue weighted by atomic mass is 10.1. The Morgan fingerprint density at radius 3 is 2.57 bits per heavy atom. The maximum absolute atomic E-state index is 12.7. The normalized spacial score (nSPS) is 19.1. The molecule has 1 aromatic rings. The maximum atomic E-state index is 12.7. The highest BCUT2D eigenvalue weighted by molar-refractivity contribution is 7.89. The fourth-order valence-corrected chi connectivity index (χ4v) is 4.02. The number of piperidine rings is 1. The number of rotatable bonds is 7. The number of hydrogen-bond donors (Lipinski definition) is 1. The van der Waals surface area contributed by atoms with Crippen LogP contribution in [0.1, 0.15) is 12.8 Å². The molecular weight excluding hydrogens is 340 g/mol. The number of benzene rings is 1. The van der Waals surface area contributed by atoms with Crippen LogP contribution in [0.5, 0.6) is 5.75 Å². The van der Waals surface area contributed by atoms with Gasteiger partial charge >= 0.3 is 0 Å². The third kappa shape index (κ3) is 5.32. The summed E-state index contributed by atoms with van der Waals surface area (Å²) in [6, 6.07) is 6.78. The van der Waals surface area contributed by atoms with Gasteiger partial charge in [0.15, 0.2) is 0 Å². The molecule has 132 valence electrons. The molecule has 1 heterocycles. The molecule has 0 amide bonds. The molecule has 0 radical (unpaired) electrons. The topological polar surface area (TPSA) is 67.9 Å². The van der Waals surface area contributed by atoms with Crippen molar-refractivity contribution in [1.29, 1.82) is 0 Å². The number of sulfonamides is 1. The Balaban J connectivity index is 0.00000264. The van der Waals surface area contributed by atoms with E-state index in [2.05, 4.69) is 5.32 Å². The van der Waals surface area contributed by atoms with Crippen molar-refractivity contribution in [3.63, 3.8) is 0 Å². The molecule has 0 aromatic heterocycles. The van der Waals surface area contributed by atoms with E-state index in [0.29, 0.717) is 36.9 Å². The van der Waals surface area contributed by atoms with Gasteiger partial charge in [-0.1, -0.05) is 0 Å². The van der Waals surface area contributed by atoms with E-state index >= 15 is 0 Å². The Morgan fingerprint density at radius 1 is 1.26 bits per heavy atom. The highest BCUT2D eigenvalue weighted by Gasteiger charge is 2.29. The van der Waals surface area contributed by atoms with Crippen LogP contribution in [-0.2, 0) is 14.8 Å². The average molecular weight is 365 g/mol. The molecule has 1 aliphatic heterocycles. The standard InChI is InChI=1S/C15H24N2O4S.ClH/c1-16-13-4-3-9-17(12-13)22(18,19)15-7-5-14(6-8-15)21-11-10-20-2;/h5-8,13,16H,3-4,9-12H2,1-2H3;1H. The molecule has 6 nitrogen and oxygen atoms in total. The van der Waals surface area contributed by atoms with Crippen molar-refractivity contribution < 1.29 is 17.9 Å². The predicted octanol–water partition coefficient (Wildman–Crippen LogP) is 1.51. The number of ether oxygens (including phenoxy) is 2. The molecule has 8 heteroatoms. The fourth-order valence-electron chi connectivity index (χ4n) is 2.50. The van der Waals surface area contributed by atoms with Gasteiger partial charge in [0.2, 0.25) is 10.0 Å². The maximum Gasteiger partial charge on any atom is 0.243 e. The second kappa shape index (κ2) is 9.44. The summed E-state index contributed by atoms with van der Waals surface area (Å²) in [7, 11) is 0.0413. The van der Waals surface area contributed by atoms with Gasteiger partial charge in [0, 0.05) is 26.2 Å². The van der Waals surface area contributed by atoms with Gasteiger partial charge in [-0.25, -0.2) is 8.42 Å². The molecule has 23 heavy (non-hydrogen) atoms. The van der Waals surface area contributed by atoms with E-state index in [0.717, 1.165) is 12.8 Å². The van der Waals surface area contributed by atoms with Crippen molar-refractivity contribution >= 4 is 22.4 Å². The minimum absolute atomic E-state index is 0. The molecule has 1 aliphatic rings. The second-order valence-electron chi connectivity index (χ2n) is 5.30. The third-order valence-electron chi connectivity index (χ3n) is 3.81. The minimum Gasteiger partial charge on any atom is -0.491 e. The van der Waals surface area contributed by atoms with Gasteiger partial charge in [-0.15, -0.1) is 12.4 Å². The lowest BCUT2D eigenvalue weighted by molar-refractivity contribution is 0.146. The zero-order valence-electron chi connectivity index (χ0n) is 13.5. The van der Waals surface area contributed by atoms with Gasteiger partial charge in [0.1, 0.15) is 12.4 Å². The van der Waals surface area contributed by atoms with E-state index < -0.39 is 10.0 Å². The van der Waals surface area contributed by atoms with Gasteiger partial charge in [0.25, 0.3) is 0 Å². The first-order chi connectivity index (χ1) is 10.6. The molecule has 0 bridgehead atoms. The summed E-state index contributed by atoms with van der Waals surface area (Å²) >= 11 is 0. The SMILES string of the molecule is CNC1CCCN(S(=O)(=O)c2ccc(OCCOC)cc2)C1.Cl. The van der Waals surface area contributed by atoms with E-state index in [1.807, 2.05) is 7.05 Å². The number of halogens is 1. The van der Waals surface area contributed by atoms with Crippen molar-refractivity contribution in [2.45, 2.75) is 23.8 Å². The first-order valence-electron chi connectivity index (χ1n) is 7.47. The molecule has 2 rings (SSSR count). The summed E-state index contributed by atoms with van der Waals surface area (Å²) in [5.41, 5.74) is 0. The van der Waals surface area contributed by atoms with Gasteiger partial charge in [-0.05, 0) is 44.2 Å². The summed E-state index contributed by atoms with van der Waals surface area (Å²) in [5, 5.41) is 3.16. The summed E-state index contributed by atoms with van der Waals surface area (Å²) in [4.78, 5) is 0.309. The highest BCUT2D eigenvalue weighted by atomic mass is 35.5. The predicted molar refractivity (Wildman–Crippen MR) is 91.9 cm³/mol. The Morgan fingerprint density at radius 2 is 1.96 bits per heavy atom. The number of methoxy groups -OCH3 is 1. The fraction of sp³-hybridized carbons (Fsp3) is 0.600. The molecule has 1 aromatic carbocycles. The number of hydrogen-bond acceptors (Lipinski definition) is 5. The minimum atomic E-state index is -3.43. The van der Waals surface area contributed by atoms with Crippen LogP contribution in [0, 0.1) is 0 Å². The molecule has 1 saturated heterocycles. The van der Waals surface area contributed by atoms with Crippen LogP contribution in [0.4, 0.5) is 0 Å². The Kier molecular flexibility index (Phi) is 8.28. The van der Waals surface area contributed by atoms with Gasteiger partial charge < -0.3 is 14.8 Å². The van der Waals surface area contributed by atoms with Crippen LogP contribution in [-0.4, -0.2) is 59.2 Å². The lowest BCUT2D eigenvalue weighted by Gasteiger charge is -2.31. The molecular formula is C15H25ClN2O4S. The zero-order valence-corrected chi connectivity index (χ0v) is 15.2. The van der Waals surface area contributed by atoms with Crippen molar-refractivity contribution in [3.05, 3.63) is 24.3 Å². The lowest BCUT2D eigenvalue weighted by Crippen LogP contribution is -2.46. The van der Waals surface area contributed by atoms with E-state index in [4.69, 9.17) is 9.47 Å². The highest BCUT2D eigenvalue weighted by Crippen LogP contribution is 2.22. The molecule has 0 aliphatic carbocycles. The van der Waals surface area contributed by atoms with E-state index in [9.17, 15) is 8.42 Å². The molecule has 0 saturated carbocycles. The monoisotopic (exact) mass is 364 g/mol. The number of nitrogens with zero attached hydrogens (tertiary/aromatic N) is 1. The molecule has 1 N–H and O–H groups in total. The molecule has 0 spiro atoms. The molecule has 1 atom stereocenters. The van der Waals surface area contributed by atoms with Crippen molar-refractivity contribution in [2.75, 3.05) is 40.5 Å². The summed E-state index contributed by atoms with van der Waals surface area (Å²) in [6.45, 7) is 2.04. The van der Waals surface area contributed by atoms with E-state index in [-0.39, 0.29) is 18.4 Å². The second-order valence-corrected chi connectivity index (χ2v) is 7.24. The smallest absolute Gasteiger partial charge is 0.243 e. The van der Waals surface area contributed by atoms with Crippen LogP contribution in [0.3, 0.4) is 0 Å². The third-order valence-corrected chi connectivity index (χ3v) is 5.69. The van der Waals surface area contributed by atoms with Crippen LogP contribution < -0.4 is 10.1 Å². The summed E-state index contributed by atoms with van der Waals surface area (Å²) in [5.74, 6) is 0.641. The number of nitrogens with one attached hydrogen (secondary N) is 1. The first kappa shape index (κ1) is 20.2. The molecule has 1 fully saturated rings. The summed E-state index contributed by atoms with van der Waals surface area (Å²) < 4.78 is 37.2. The van der Waals surface area contributed by atoms with Crippen molar-refractivity contribution in [2.24, 2.45) is 0 Å². The average Bonchev–Trinajstić information content (AvgIpc) is 2.55. The number of likely N-dealkylation sites (N-methyl/N-ethyl adjacent to an activating group) is 1.